The summed E-state index contributed by atoms with van der Waals surface area (Å²) >= 11 is 0. The van der Waals surface area contributed by atoms with Crippen LogP contribution in [0.3, 0.4) is 0 Å². The maximum absolute atomic E-state index is 12.3. The lowest BCUT2D eigenvalue weighted by molar-refractivity contribution is -0.127. The van der Waals surface area contributed by atoms with Crippen molar-refractivity contribution in [3.05, 3.63) is 23.3 Å². The topological polar surface area (TPSA) is 37.3 Å². The first-order chi connectivity index (χ1) is 9.95. The number of ketones is 1. The second-order valence-electron chi connectivity index (χ2n) is 8.20. The van der Waals surface area contributed by atoms with Crippen molar-refractivity contribution in [2.75, 3.05) is 0 Å². The highest BCUT2D eigenvalue weighted by molar-refractivity contribution is 5.88. The van der Waals surface area contributed by atoms with Crippen LogP contribution in [0.5, 0.6) is 0 Å². The average Bonchev–Trinajstić information content (AvgIpc) is 2.76. The van der Waals surface area contributed by atoms with Crippen LogP contribution in [-0.4, -0.2) is 17.0 Å². The van der Waals surface area contributed by atoms with E-state index in [1.54, 1.807) is 5.57 Å². The Morgan fingerprint density at radius 3 is 2.57 bits per heavy atom. The van der Waals surface area contributed by atoms with Gasteiger partial charge in [-0.15, -0.1) is 0 Å². The van der Waals surface area contributed by atoms with Crippen LogP contribution < -0.4 is 0 Å². The SMILES string of the molecule is CC12CCC3C(=CC=C4CC(O)CCC43C)C1CCC2=O. The first-order valence-electron chi connectivity index (χ1n) is 8.57. The van der Waals surface area contributed by atoms with Gasteiger partial charge in [-0.05, 0) is 55.8 Å². The van der Waals surface area contributed by atoms with Gasteiger partial charge in [-0.25, -0.2) is 0 Å². The van der Waals surface area contributed by atoms with E-state index in [0.29, 0.717) is 17.6 Å². The zero-order valence-corrected chi connectivity index (χ0v) is 13.2. The second kappa shape index (κ2) is 4.32. The van der Waals surface area contributed by atoms with Crippen LogP contribution in [-0.2, 0) is 4.79 Å². The quantitative estimate of drug-likeness (QED) is 0.735. The molecule has 0 heterocycles. The van der Waals surface area contributed by atoms with Gasteiger partial charge in [0.15, 0.2) is 0 Å². The zero-order valence-electron chi connectivity index (χ0n) is 13.2. The number of allylic oxidation sites excluding steroid dienone is 3. The summed E-state index contributed by atoms with van der Waals surface area (Å²) in [6.45, 7) is 4.61. The largest absolute Gasteiger partial charge is 0.393 e. The molecule has 0 aromatic heterocycles. The third kappa shape index (κ3) is 1.72. The minimum absolute atomic E-state index is 0.0851. The molecule has 5 atom stereocenters. The van der Waals surface area contributed by atoms with Crippen LogP contribution in [0.25, 0.3) is 0 Å². The molecule has 0 saturated heterocycles. The molecule has 2 nitrogen and oxygen atoms in total. The molecule has 4 aliphatic carbocycles. The minimum atomic E-state index is -0.152. The fourth-order valence-electron chi connectivity index (χ4n) is 5.76. The van der Waals surface area contributed by atoms with Crippen LogP contribution in [0.4, 0.5) is 0 Å². The van der Waals surface area contributed by atoms with Crippen LogP contribution in [0, 0.1) is 22.7 Å². The van der Waals surface area contributed by atoms with Crippen LogP contribution >= 0.6 is 0 Å². The molecule has 21 heavy (non-hydrogen) atoms. The van der Waals surface area contributed by atoms with Gasteiger partial charge in [-0.1, -0.05) is 37.1 Å². The average molecular weight is 286 g/mol. The van der Waals surface area contributed by atoms with E-state index in [1.165, 1.54) is 5.57 Å². The van der Waals surface area contributed by atoms with Crippen molar-refractivity contribution < 1.29 is 9.90 Å². The van der Waals surface area contributed by atoms with Gasteiger partial charge in [-0.3, -0.25) is 4.79 Å². The fourth-order valence-corrected chi connectivity index (χ4v) is 5.76. The van der Waals surface area contributed by atoms with Crippen molar-refractivity contribution in [2.24, 2.45) is 22.7 Å². The lowest BCUT2D eigenvalue weighted by atomic mass is 9.51. The Labute approximate surface area is 127 Å². The molecular formula is C19H26O2. The van der Waals surface area contributed by atoms with Gasteiger partial charge >= 0.3 is 0 Å². The number of aliphatic hydroxyl groups is 1. The molecule has 5 unspecified atom stereocenters. The van der Waals surface area contributed by atoms with E-state index in [-0.39, 0.29) is 16.9 Å². The smallest absolute Gasteiger partial charge is 0.139 e. The molecule has 114 valence electrons. The summed E-state index contributed by atoms with van der Waals surface area (Å²) in [4.78, 5) is 12.3. The van der Waals surface area contributed by atoms with Crippen molar-refractivity contribution >= 4 is 5.78 Å². The Hall–Kier alpha value is -0.890. The summed E-state index contributed by atoms with van der Waals surface area (Å²) in [7, 11) is 0. The van der Waals surface area contributed by atoms with E-state index in [1.807, 2.05) is 0 Å². The predicted molar refractivity (Wildman–Crippen MR) is 82.7 cm³/mol. The molecule has 3 saturated carbocycles. The van der Waals surface area contributed by atoms with Gasteiger partial charge in [0, 0.05) is 11.8 Å². The van der Waals surface area contributed by atoms with Gasteiger partial charge in [0.05, 0.1) is 6.10 Å². The fraction of sp³-hybridized carbons (Fsp3) is 0.737. The molecule has 0 aromatic rings. The summed E-state index contributed by atoms with van der Waals surface area (Å²) < 4.78 is 0. The summed E-state index contributed by atoms with van der Waals surface area (Å²) in [5.74, 6) is 1.57. The molecule has 0 bridgehead atoms. The number of rotatable bonds is 0. The van der Waals surface area contributed by atoms with Crippen molar-refractivity contribution in [2.45, 2.75) is 64.9 Å². The lowest BCUT2D eigenvalue weighted by Gasteiger charge is -2.53. The molecule has 0 aromatic carbocycles. The molecule has 1 N–H and O–H groups in total. The zero-order chi connectivity index (χ0) is 14.8. The van der Waals surface area contributed by atoms with Crippen molar-refractivity contribution in [1.82, 2.24) is 0 Å². The van der Waals surface area contributed by atoms with E-state index < -0.39 is 0 Å². The molecule has 3 fully saturated rings. The first kappa shape index (κ1) is 13.8. The van der Waals surface area contributed by atoms with Crippen molar-refractivity contribution in [1.29, 1.82) is 0 Å². The number of fused-ring (bicyclic) bond motifs is 5. The Bertz CT molecular complexity index is 558. The molecule has 0 spiro atoms. The van der Waals surface area contributed by atoms with Crippen LogP contribution in [0.1, 0.15) is 58.8 Å². The van der Waals surface area contributed by atoms with Gasteiger partial charge in [0.25, 0.3) is 0 Å². The molecule has 0 radical (unpaired) electrons. The number of hydrogen-bond donors (Lipinski definition) is 1. The molecule has 0 aliphatic heterocycles. The lowest BCUT2D eigenvalue weighted by Crippen LogP contribution is -2.46. The minimum Gasteiger partial charge on any atom is -0.393 e. The first-order valence-corrected chi connectivity index (χ1v) is 8.57. The number of aliphatic hydroxyl groups excluding tert-OH is 1. The normalized spacial score (nSPS) is 48.9. The van der Waals surface area contributed by atoms with Crippen LogP contribution in [0.15, 0.2) is 23.3 Å². The van der Waals surface area contributed by atoms with Gasteiger partial charge < -0.3 is 5.11 Å². The summed E-state index contributed by atoms with van der Waals surface area (Å²) in [6, 6.07) is 0. The summed E-state index contributed by atoms with van der Waals surface area (Å²) in [6.07, 6.45) is 11.4. The summed E-state index contributed by atoms with van der Waals surface area (Å²) in [5, 5.41) is 9.98. The van der Waals surface area contributed by atoms with Crippen molar-refractivity contribution in [3.8, 4) is 0 Å². The number of carbonyl (C=O) groups is 1. The molecule has 2 heteroatoms. The standard InChI is InChI=1S/C19H26O2/c1-18-9-7-13(20)11-12(18)3-4-14-15-5-6-17(21)19(15,2)10-8-16(14)18/h3-4,13,15-16,20H,5-11H2,1-2H3. The monoisotopic (exact) mass is 286 g/mol. The molecule has 0 amide bonds. The van der Waals surface area contributed by atoms with E-state index in [9.17, 15) is 9.90 Å². The number of Topliss-reactive ketones (excluding diaryl/α,β-unsaturated/α-hetero) is 1. The van der Waals surface area contributed by atoms with Gasteiger partial charge in [0.1, 0.15) is 5.78 Å². The third-order valence-corrected chi connectivity index (χ3v) is 7.26. The van der Waals surface area contributed by atoms with Gasteiger partial charge in [-0.2, -0.15) is 0 Å². The van der Waals surface area contributed by atoms with Crippen LogP contribution in [0.2, 0.25) is 0 Å². The predicted octanol–water partition coefficient (Wildman–Crippen LogP) is 3.80. The highest BCUT2D eigenvalue weighted by Crippen LogP contribution is 2.62. The number of hydrogen-bond acceptors (Lipinski definition) is 2. The molecular weight excluding hydrogens is 260 g/mol. The molecule has 4 rings (SSSR count). The maximum atomic E-state index is 12.3. The number of carbonyl (C=O) groups excluding carboxylic acids is 1. The Kier molecular flexibility index (Phi) is 2.83. The Balaban J connectivity index is 1.75. The Morgan fingerprint density at radius 1 is 1.05 bits per heavy atom. The second-order valence-corrected chi connectivity index (χ2v) is 8.20. The highest BCUT2D eigenvalue weighted by atomic mass is 16.3. The van der Waals surface area contributed by atoms with E-state index in [4.69, 9.17) is 0 Å². The third-order valence-electron chi connectivity index (χ3n) is 7.26. The van der Waals surface area contributed by atoms with E-state index >= 15 is 0 Å². The van der Waals surface area contributed by atoms with Gasteiger partial charge in [0.2, 0.25) is 0 Å². The Morgan fingerprint density at radius 2 is 1.76 bits per heavy atom. The maximum Gasteiger partial charge on any atom is 0.139 e. The van der Waals surface area contributed by atoms with E-state index in [0.717, 1.165) is 44.9 Å². The van der Waals surface area contributed by atoms with E-state index in [2.05, 4.69) is 26.0 Å². The summed E-state index contributed by atoms with van der Waals surface area (Å²) in [5.41, 5.74) is 3.15. The molecule has 4 aliphatic rings. The highest BCUT2D eigenvalue weighted by Gasteiger charge is 2.56. The van der Waals surface area contributed by atoms with Crippen molar-refractivity contribution in [3.63, 3.8) is 0 Å².